The van der Waals surface area contributed by atoms with Crippen LogP contribution in [0.3, 0.4) is 0 Å². The minimum Gasteiger partial charge on any atom is -0.469 e. The fourth-order valence-electron chi connectivity index (χ4n) is 1.05. The van der Waals surface area contributed by atoms with Crippen LogP contribution < -0.4 is 0 Å². The van der Waals surface area contributed by atoms with E-state index >= 15 is 0 Å². The van der Waals surface area contributed by atoms with Crippen LogP contribution in [0.4, 0.5) is 0 Å². The molecule has 0 saturated heterocycles. The van der Waals surface area contributed by atoms with Crippen LogP contribution in [-0.4, -0.2) is 43.4 Å². The molecule has 0 aliphatic heterocycles. The van der Waals surface area contributed by atoms with E-state index in [0.29, 0.717) is 9.88 Å². The molecule has 0 atom stereocenters. The number of methoxy groups -OCH3 is 2. The highest BCUT2D eigenvalue weighted by Crippen LogP contribution is 2.19. The van der Waals surface area contributed by atoms with Crippen molar-refractivity contribution in [2.24, 2.45) is 0 Å². The zero-order valence-corrected chi connectivity index (χ0v) is 11.0. The number of rotatable bonds is 3. The molecule has 96 valence electrons. The Labute approximate surface area is 103 Å². The van der Waals surface area contributed by atoms with E-state index < -0.39 is 11.9 Å². The zero-order valence-electron chi connectivity index (χ0n) is 10.1. The van der Waals surface area contributed by atoms with Gasteiger partial charge in [0.2, 0.25) is 0 Å². The predicted molar refractivity (Wildman–Crippen MR) is 62.1 cm³/mol. The summed E-state index contributed by atoms with van der Waals surface area (Å²) in [5.41, 5.74) is 0.199. The van der Waals surface area contributed by atoms with Crippen molar-refractivity contribution in [3.05, 3.63) is 15.6 Å². The van der Waals surface area contributed by atoms with Crippen LogP contribution in [0.2, 0.25) is 0 Å². The lowest BCUT2D eigenvalue weighted by atomic mass is 10.3. The maximum Gasteiger partial charge on any atom is 0.357 e. The van der Waals surface area contributed by atoms with E-state index in [1.165, 1.54) is 25.6 Å². The maximum atomic E-state index is 11.3. The molecule has 0 spiro atoms. The number of aromatic nitrogens is 1. The SMILES string of the molecule is CO.COC(=O)Cc1sc(C)nc1C(=O)OC. The van der Waals surface area contributed by atoms with E-state index in [2.05, 4.69) is 14.5 Å². The highest BCUT2D eigenvalue weighted by atomic mass is 32.1. The number of carbonyl (C=O) groups excluding carboxylic acids is 2. The monoisotopic (exact) mass is 261 g/mol. The molecule has 1 rings (SSSR count). The van der Waals surface area contributed by atoms with Crippen molar-refractivity contribution in [2.75, 3.05) is 21.3 Å². The second-order valence-electron chi connectivity index (χ2n) is 2.75. The van der Waals surface area contributed by atoms with Crippen molar-refractivity contribution in [1.82, 2.24) is 4.98 Å². The standard InChI is InChI=1S/C9H11NO4S.CH4O/c1-5-10-8(9(12)14-3)6(15-5)4-7(11)13-2;1-2/h4H2,1-3H3;2H,1H3. The summed E-state index contributed by atoms with van der Waals surface area (Å²) in [5.74, 6) is -0.929. The molecule has 1 heterocycles. The third-order valence-electron chi connectivity index (χ3n) is 1.72. The summed E-state index contributed by atoms with van der Waals surface area (Å²) in [6.07, 6.45) is 0.0481. The molecule has 0 saturated carbocycles. The molecule has 6 nitrogen and oxygen atoms in total. The first-order chi connectivity index (χ1) is 8.08. The third kappa shape index (κ3) is 4.49. The number of hydrogen-bond acceptors (Lipinski definition) is 7. The Hall–Kier alpha value is -1.47. The van der Waals surface area contributed by atoms with Crippen molar-refractivity contribution in [1.29, 1.82) is 0 Å². The minimum absolute atomic E-state index is 0.0481. The van der Waals surface area contributed by atoms with Crippen LogP contribution in [0.15, 0.2) is 0 Å². The molecule has 0 bridgehead atoms. The van der Waals surface area contributed by atoms with Crippen LogP contribution in [0.1, 0.15) is 20.4 Å². The topological polar surface area (TPSA) is 85.7 Å². The lowest BCUT2D eigenvalue weighted by molar-refractivity contribution is -0.139. The van der Waals surface area contributed by atoms with Crippen molar-refractivity contribution >= 4 is 23.3 Å². The zero-order chi connectivity index (χ0) is 13.4. The van der Waals surface area contributed by atoms with E-state index in [1.807, 2.05) is 0 Å². The number of esters is 2. The molecule has 1 aromatic rings. The Morgan fingerprint density at radius 2 is 1.88 bits per heavy atom. The Morgan fingerprint density at radius 3 is 2.35 bits per heavy atom. The number of aryl methyl sites for hydroxylation is 1. The first-order valence-electron chi connectivity index (χ1n) is 4.64. The van der Waals surface area contributed by atoms with Gasteiger partial charge in [0.1, 0.15) is 0 Å². The van der Waals surface area contributed by atoms with Gasteiger partial charge in [0.15, 0.2) is 5.69 Å². The molecule has 0 aliphatic rings. The Balaban J connectivity index is 0.00000121. The van der Waals surface area contributed by atoms with Gasteiger partial charge in [-0.2, -0.15) is 0 Å². The first-order valence-corrected chi connectivity index (χ1v) is 5.46. The van der Waals surface area contributed by atoms with E-state index in [4.69, 9.17) is 5.11 Å². The van der Waals surface area contributed by atoms with Crippen LogP contribution >= 0.6 is 11.3 Å². The molecule has 0 fully saturated rings. The molecule has 1 aromatic heterocycles. The molecule has 0 aromatic carbocycles. The maximum absolute atomic E-state index is 11.3. The Bertz CT molecular complexity index is 388. The summed E-state index contributed by atoms with van der Waals surface area (Å²) in [4.78, 5) is 26.9. The molecule has 0 radical (unpaired) electrons. The van der Waals surface area contributed by atoms with Gasteiger partial charge < -0.3 is 14.6 Å². The fourth-order valence-corrected chi connectivity index (χ4v) is 1.96. The van der Waals surface area contributed by atoms with Crippen LogP contribution in [0.25, 0.3) is 0 Å². The number of thiazole rings is 1. The predicted octanol–water partition coefficient (Wildman–Crippen LogP) is 0.562. The number of aliphatic hydroxyl groups is 1. The van der Waals surface area contributed by atoms with Crippen molar-refractivity contribution in [3.63, 3.8) is 0 Å². The summed E-state index contributed by atoms with van der Waals surface area (Å²) in [5, 5.41) is 7.72. The average molecular weight is 261 g/mol. The summed E-state index contributed by atoms with van der Waals surface area (Å²) >= 11 is 1.29. The van der Waals surface area contributed by atoms with Crippen molar-refractivity contribution in [2.45, 2.75) is 13.3 Å². The molecule has 0 unspecified atom stereocenters. The summed E-state index contributed by atoms with van der Waals surface area (Å²) in [6.45, 7) is 1.76. The van der Waals surface area contributed by atoms with Crippen LogP contribution in [0, 0.1) is 6.92 Å². The first kappa shape index (κ1) is 15.5. The Kier molecular flexibility index (Phi) is 7.08. The third-order valence-corrected chi connectivity index (χ3v) is 2.69. The largest absolute Gasteiger partial charge is 0.469 e. The molecule has 7 heteroatoms. The highest BCUT2D eigenvalue weighted by Gasteiger charge is 2.19. The van der Waals surface area contributed by atoms with Gasteiger partial charge in [0.25, 0.3) is 0 Å². The van der Waals surface area contributed by atoms with Crippen LogP contribution in [0.5, 0.6) is 0 Å². The fraction of sp³-hybridized carbons (Fsp3) is 0.500. The summed E-state index contributed by atoms with van der Waals surface area (Å²) in [7, 11) is 3.58. The number of nitrogens with zero attached hydrogens (tertiary/aromatic N) is 1. The van der Waals surface area contributed by atoms with E-state index in [9.17, 15) is 9.59 Å². The minimum atomic E-state index is -0.529. The molecular formula is C10H15NO5S. The summed E-state index contributed by atoms with van der Waals surface area (Å²) < 4.78 is 9.08. The quantitative estimate of drug-likeness (QED) is 0.800. The molecule has 0 aliphatic carbocycles. The second-order valence-corrected chi connectivity index (χ2v) is 4.04. The van der Waals surface area contributed by atoms with Crippen LogP contribution in [-0.2, 0) is 20.7 Å². The van der Waals surface area contributed by atoms with Gasteiger partial charge in [-0.15, -0.1) is 11.3 Å². The molecule has 17 heavy (non-hydrogen) atoms. The normalized spacial score (nSPS) is 9.00. The highest BCUT2D eigenvalue weighted by molar-refractivity contribution is 7.12. The van der Waals surface area contributed by atoms with Gasteiger partial charge in [-0.05, 0) is 6.92 Å². The van der Waals surface area contributed by atoms with Gasteiger partial charge in [-0.25, -0.2) is 9.78 Å². The number of carbonyl (C=O) groups is 2. The van der Waals surface area contributed by atoms with Gasteiger partial charge in [-0.3, -0.25) is 4.79 Å². The van der Waals surface area contributed by atoms with Crippen molar-refractivity contribution in [3.8, 4) is 0 Å². The molecule has 1 N–H and O–H groups in total. The molecular weight excluding hydrogens is 246 g/mol. The lowest BCUT2D eigenvalue weighted by Gasteiger charge is -1.99. The van der Waals surface area contributed by atoms with Gasteiger partial charge >= 0.3 is 11.9 Å². The van der Waals surface area contributed by atoms with E-state index in [0.717, 1.165) is 7.11 Å². The molecule has 0 amide bonds. The average Bonchev–Trinajstić information content (AvgIpc) is 2.71. The van der Waals surface area contributed by atoms with E-state index in [1.54, 1.807) is 6.92 Å². The number of ether oxygens (including phenoxy) is 2. The smallest absolute Gasteiger partial charge is 0.357 e. The van der Waals surface area contributed by atoms with Gasteiger partial charge in [-0.1, -0.05) is 0 Å². The lowest BCUT2D eigenvalue weighted by Crippen LogP contribution is -2.09. The number of hydrogen-bond donors (Lipinski definition) is 1. The second kappa shape index (κ2) is 7.75. The van der Waals surface area contributed by atoms with Gasteiger partial charge in [0.05, 0.1) is 30.5 Å². The number of aliphatic hydroxyl groups excluding tert-OH is 1. The van der Waals surface area contributed by atoms with E-state index in [-0.39, 0.29) is 12.1 Å². The summed E-state index contributed by atoms with van der Waals surface area (Å²) in [6, 6.07) is 0. The Morgan fingerprint density at radius 1 is 1.29 bits per heavy atom. The van der Waals surface area contributed by atoms with Gasteiger partial charge in [0, 0.05) is 7.11 Å². The van der Waals surface area contributed by atoms with Crippen molar-refractivity contribution < 1.29 is 24.2 Å².